The Morgan fingerprint density at radius 3 is 2.47 bits per heavy atom. The Balaban J connectivity index is 1.86. The van der Waals surface area contributed by atoms with E-state index in [1.165, 1.54) is 19.3 Å². The summed E-state index contributed by atoms with van der Waals surface area (Å²) in [6, 6.07) is 0. The Morgan fingerprint density at radius 1 is 1.41 bits per heavy atom. The molecule has 1 heterocycles. The Hall–Kier alpha value is -0.180. The van der Waals surface area contributed by atoms with Gasteiger partial charge in [-0.25, -0.2) is 0 Å². The van der Waals surface area contributed by atoms with Gasteiger partial charge >= 0.3 is 0 Å². The van der Waals surface area contributed by atoms with Crippen molar-refractivity contribution < 1.29 is 4.79 Å². The number of nitrogens with zero attached hydrogens (tertiary/aromatic N) is 1. The molecule has 1 saturated carbocycles. The molecule has 1 saturated heterocycles. The number of carbonyl (C=O) groups is 1. The minimum Gasteiger partial charge on any atom is -0.342 e. The lowest BCUT2D eigenvalue weighted by molar-refractivity contribution is -0.131. The maximum absolute atomic E-state index is 12.2. The molecular weight excluding hydrogens is 230 g/mol. The second-order valence-electron chi connectivity index (χ2n) is 7.03. The van der Waals surface area contributed by atoms with Gasteiger partial charge in [-0.05, 0) is 41.8 Å². The van der Waals surface area contributed by atoms with Crippen molar-refractivity contribution >= 4 is 18.5 Å². The third-order valence-electron chi connectivity index (χ3n) is 4.58. The molecular formula is C14H25NOS. The topological polar surface area (TPSA) is 20.3 Å². The number of amides is 1. The van der Waals surface area contributed by atoms with Crippen LogP contribution in [-0.4, -0.2) is 29.6 Å². The van der Waals surface area contributed by atoms with Crippen molar-refractivity contribution in [1.82, 2.24) is 4.90 Å². The van der Waals surface area contributed by atoms with E-state index < -0.39 is 0 Å². The molecule has 2 aliphatic rings. The quantitative estimate of drug-likeness (QED) is 0.769. The van der Waals surface area contributed by atoms with Crippen LogP contribution in [0, 0.1) is 16.7 Å². The van der Waals surface area contributed by atoms with E-state index in [1.807, 2.05) is 0 Å². The maximum Gasteiger partial charge on any atom is 0.223 e. The van der Waals surface area contributed by atoms with Crippen LogP contribution in [0.4, 0.5) is 0 Å². The molecule has 2 nitrogen and oxygen atoms in total. The molecule has 2 fully saturated rings. The molecule has 0 bridgehead atoms. The van der Waals surface area contributed by atoms with Crippen molar-refractivity contribution in [1.29, 1.82) is 0 Å². The second-order valence-corrected chi connectivity index (χ2v) is 7.34. The minimum atomic E-state index is 0.264. The Bertz CT molecular complexity index is 304. The van der Waals surface area contributed by atoms with Gasteiger partial charge < -0.3 is 4.90 Å². The molecule has 1 atom stereocenters. The standard InChI is InChI=1S/C14H25NOS/c1-13(2,3)11-4-7-15(9-11)12(16)8-14(10-17)5-6-14/h11,17H,4-10H2,1-3H3. The number of hydrogen-bond acceptors (Lipinski definition) is 2. The SMILES string of the molecule is CC(C)(C)C1CCN(C(=O)CC2(CS)CC2)C1. The van der Waals surface area contributed by atoms with Crippen LogP contribution >= 0.6 is 12.6 Å². The summed E-state index contributed by atoms with van der Waals surface area (Å²) in [6.45, 7) is 8.76. The van der Waals surface area contributed by atoms with Crippen LogP contribution in [-0.2, 0) is 4.79 Å². The molecule has 1 unspecified atom stereocenters. The van der Waals surface area contributed by atoms with Crippen LogP contribution < -0.4 is 0 Å². The van der Waals surface area contributed by atoms with E-state index in [0.717, 1.165) is 25.3 Å². The summed E-state index contributed by atoms with van der Waals surface area (Å²) < 4.78 is 0. The third kappa shape index (κ3) is 2.98. The van der Waals surface area contributed by atoms with Crippen LogP contribution in [0.1, 0.15) is 46.5 Å². The molecule has 0 aromatic carbocycles. The molecule has 1 aliphatic heterocycles. The lowest BCUT2D eigenvalue weighted by Gasteiger charge is -2.27. The Kier molecular flexibility index (Phi) is 3.50. The number of carbonyl (C=O) groups excluding carboxylic acids is 1. The lowest BCUT2D eigenvalue weighted by atomic mass is 9.80. The monoisotopic (exact) mass is 255 g/mol. The Labute approximate surface area is 111 Å². The zero-order chi connectivity index (χ0) is 12.7. The predicted molar refractivity (Wildman–Crippen MR) is 74.3 cm³/mol. The smallest absolute Gasteiger partial charge is 0.223 e. The second kappa shape index (κ2) is 4.49. The highest BCUT2D eigenvalue weighted by Crippen LogP contribution is 2.50. The molecule has 2 rings (SSSR count). The highest BCUT2D eigenvalue weighted by Gasteiger charge is 2.44. The first-order chi connectivity index (χ1) is 7.86. The first-order valence-electron chi connectivity index (χ1n) is 6.75. The van der Waals surface area contributed by atoms with Gasteiger partial charge in [-0.1, -0.05) is 20.8 Å². The third-order valence-corrected chi connectivity index (χ3v) is 5.26. The van der Waals surface area contributed by atoms with Gasteiger partial charge in [-0.3, -0.25) is 4.79 Å². The van der Waals surface area contributed by atoms with Crippen molar-refractivity contribution in [2.45, 2.75) is 46.5 Å². The van der Waals surface area contributed by atoms with E-state index in [-0.39, 0.29) is 5.41 Å². The number of hydrogen-bond donors (Lipinski definition) is 1. The van der Waals surface area contributed by atoms with Gasteiger partial charge in [-0.2, -0.15) is 12.6 Å². The summed E-state index contributed by atoms with van der Waals surface area (Å²) in [5, 5.41) is 0. The molecule has 98 valence electrons. The van der Waals surface area contributed by atoms with Gasteiger partial charge in [0.2, 0.25) is 5.91 Å². The van der Waals surface area contributed by atoms with Gasteiger partial charge in [0.25, 0.3) is 0 Å². The number of likely N-dealkylation sites (tertiary alicyclic amines) is 1. The maximum atomic E-state index is 12.2. The van der Waals surface area contributed by atoms with Crippen molar-refractivity contribution in [3.05, 3.63) is 0 Å². The fourth-order valence-corrected chi connectivity index (χ4v) is 3.12. The summed E-state index contributed by atoms with van der Waals surface area (Å²) in [5.74, 6) is 1.90. The number of rotatable bonds is 3. The van der Waals surface area contributed by atoms with Crippen LogP contribution in [0.5, 0.6) is 0 Å². The summed E-state index contributed by atoms with van der Waals surface area (Å²) in [7, 11) is 0. The largest absolute Gasteiger partial charge is 0.342 e. The van der Waals surface area contributed by atoms with Crippen LogP contribution in [0.2, 0.25) is 0 Å². The highest BCUT2D eigenvalue weighted by atomic mass is 32.1. The van der Waals surface area contributed by atoms with Crippen LogP contribution in [0.25, 0.3) is 0 Å². The van der Waals surface area contributed by atoms with Gasteiger partial charge in [0, 0.05) is 19.5 Å². The molecule has 0 spiro atoms. The molecule has 17 heavy (non-hydrogen) atoms. The molecule has 1 aliphatic carbocycles. The van der Waals surface area contributed by atoms with E-state index in [9.17, 15) is 4.79 Å². The molecule has 0 radical (unpaired) electrons. The summed E-state index contributed by atoms with van der Waals surface area (Å²) >= 11 is 4.37. The lowest BCUT2D eigenvalue weighted by Crippen LogP contribution is -2.32. The number of thiol groups is 1. The summed E-state index contributed by atoms with van der Waals surface area (Å²) in [4.78, 5) is 14.3. The fraction of sp³-hybridized carbons (Fsp3) is 0.929. The molecule has 1 amide bonds. The average Bonchev–Trinajstić information content (AvgIpc) is 2.81. The zero-order valence-electron chi connectivity index (χ0n) is 11.3. The van der Waals surface area contributed by atoms with Gasteiger partial charge in [-0.15, -0.1) is 0 Å². The highest BCUT2D eigenvalue weighted by molar-refractivity contribution is 7.80. The van der Waals surface area contributed by atoms with Gasteiger partial charge in [0.1, 0.15) is 0 Å². The van der Waals surface area contributed by atoms with Crippen molar-refractivity contribution in [2.75, 3.05) is 18.8 Å². The minimum absolute atomic E-state index is 0.264. The van der Waals surface area contributed by atoms with E-state index in [4.69, 9.17) is 0 Å². The summed E-state index contributed by atoms with van der Waals surface area (Å²) in [5.41, 5.74) is 0.593. The van der Waals surface area contributed by atoms with Crippen LogP contribution in [0.15, 0.2) is 0 Å². The fourth-order valence-electron chi connectivity index (χ4n) is 2.69. The van der Waals surface area contributed by atoms with Crippen molar-refractivity contribution in [2.24, 2.45) is 16.7 Å². The first-order valence-corrected chi connectivity index (χ1v) is 7.38. The molecule has 3 heteroatoms. The zero-order valence-corrected chi connectivity index (χ0v) is 12.2. The predicted octanol–water partition coefficient (Wildman–Crippen LogP) is 2.98. The van der Waals surface area contributed by atoms with Crippen LogP contribution in [0.3, 0.4) is 0 Å². The van der Waals surface area contributed by atoms with E-state index in [1.54, 1.807) is 0 Å². The van der Waals surface area contributed by atoms with Crippen molar-refractivity contribution in [3.63, 3.8) is 0 Å². The van der Waals surface area contributed by atoms with E-state index in [2.05, 4.69) is 38.3 Å². The van der Waals surface area contributed by atoms with E-state index in [0.29, 0.717) is 17.2 Å². The van der Waals surface area contributed by atoms with Gasteiger partial charge in [0.05, 0.1) is 0 Å². The molecule has 0 aromatic heterocycles. The Morgan fingerprint density at radius 2 is 2.06 bits per heavy atom. The first kappa shape index (κ1) is 13.3. The summed E-state index contributed by atoms with van der Waals surface area (Å²) in [6.07, 6.45) is 4.29. The van der Waals surface area contributed by atoms with Crippen molar-refractivity contribution in [3.8, 4) is 0 Å². The van der Waals surface area contributed by atoms with Gasteiger partial charge in [0.15, 0.2) is 0 Å². The normalized spacial score (nSPS) is 27.3. The van der Waals surface area contributed by atoms with E-state index >= 15 is 0 Å². The molecule has 0 N–H and O–H groups in total. The molecule has 0 aromatic rings. The average molecular weight is 255 g/mol.